The quantitative estimate of drug-likeness (QED) is 0.513. The molecule has 1 unspecified atom stereocenters. The molecule has 0 aromatic rings. The second-order valence-electron chi connectivity index (χ2n) is 2.39. The molecule has 0 aliphatic rings. The van der Waals surface area contributed by atoms with Crippen LogP contribution in [-0.4, -0.2) is 38.6 Å². The van der Waals surface area contributed by atoms with E-state index in [4.69, 9.17) is 0 Å². The summed E-state index contributed by atoms with van der Waals surface area (Å²) in [4.78, 5) is 21.6. The van der Waals surface area contributed by atoms with Crippen LogP contribution in [0.25, 0.3) is 0 Å². The summed E-state index contributed by atoms with van der Waals surface area (Å²) in [5.74, 6) is -0.496. The van der Waals surface area contributed by atoms with E-state index in [1.807, 2.05) is 0 Å². The van der Waals surface area contributed by atoms with E-state index in [0.29, 0.717) is 0 Å². The minimum atomic E-state index is -0.935. The lowest BCUT2D eigenvalue weighted by atomic mass is 10.6. The molecular formula is C8H15NO5. The van der Waals surface area contributed by atoms with Gasteiger partial charge in [0.1, 0.15) is 0 Å². The lowest BCUT2D eigenvalue weighted by Crippen LogP contribution is -2.27. The second kappa shape index (κ2) is 7.14. The van der Waals surface area contributed by atoms with Gasteiger partial charge in [0.05, 0.1) is 13.2 Å². The van der Waals surface area contributed by atoms with Crippen LogP contribution in [0.4, 0.5) is 4.79 Å². The van der Waals surface area contributed by atoms with Gasteiger partial charge in [-0.3, -0.25) is 4.79 Å². The number of nitrogens with one attached hydrogen (secondary N) is 1. The minimum Gasteiger partial charge on any atom is -0.435 e. The van der Waals surface area contributed by atoms with E-state index in [-0.39, 0.29) is 13.2 Å². The average Bonchev–Trinajstić information content (AvgIpc) is 2.03. The van der Waals surface area contributed by atoms with Crippen molar-refractivity contribution >= 4 is 12.1 Å². The second-order valence-corrected chi connectivity index (χ2v) is 2.39. The third-order valence-corrected chi connectivity index (χ3v) is 1.14. The van der Waals surface area contributed by atoms with E-state index in [9.17, 15) is 9.59 Å². The molecule has 14 heavy (non-hydrogen) atoms. The third-order valence-electron chi connectivity index (χ3n) is 1.14. The predicted molar refractivity (Wildman–Crippen MR) is 47.6 cm³/mol. The molecule has 0 aliphatic carbocycles. The first-order valence-corrected chi connectivity index (χ1v) is 4.27. The van der Waals surface area contributed by atoms with Crippen molar-refractivity contribution < 1.29 is 23.8 Å². The SMILES string of the molecule is CCOC(=O)OC(C)OC(=O)CNC. The van der Waals surface area contributed by atoms with Gasteiger partial charge in [-0.15, -0.1) is 0 Å². The first-order chi connectivity index (χ1) is 6.60. The van der Waals surface area contributed by atoms with E-state index in [2.05, 4.69) is 19.5 Å². The van der Waals surface area contributed by atoms with Crippen LogP contribution < -0.4 is 5.32 Å². The van der Waals surface area contributed by atoms with E-state index in [1.54, 1.807) is 14.0 Å². The summed E-state index contributed by atoms with van der Waals surface area (Å²) in [7, 11) is 1.61. The van der Waals surface area contributed by atoms with Crippen molar-refractivity contribution in [2.75, 3.05) is 20.2 Å². The molecule has 82 valence electrons. The molecule has 0 heterocycles. The van der Waals surface area contributed by atoms with Crippen molar-refractivity contribution in [3.8, 4) is 0 Å². The fraction of sp³-hybridized carbons (Fsp3) is 0.750. The lowest BCUT2D eigenvalue weighted by Gasteiger charge is -2.13. The summed E-state index contributed by atoms with van der Waals surface area (Å²) in [6, 6.07) is 0. The Hall–Kier alpha value is -1.30. The number of hydrogen-bond acceptors (Lipinski definition) is 6. The molecule has 1 atom stereocenters. The monoisotopic (exact) mass is 205 g/mol. The highest BCUT2D eigenvalue weighted by Gasteiger charge is 2.13. The Morgan fingerprint density at radius 3 is 2.50 bits per heavy atom. The van der Waals surface area contributed by atoms with E-state index in [1.165, 1.54) is 6.92 Å². The van der Waals surface area contributed by atoms with Crippen LogP contribution in [0.3, 0.4) is 0 Å². The molecule has 0 spiro atoms. The van der Waals surface area contributed by atoms with Crippen LogP contribution in [-0.2, 0) is 19.0 Å². The highest BCUT2D eigenvalue weighted by atomic mass is 16.8. The number of likely N-dealkylation sites (N-methyl/N-ethyl adjacent to an activating group) is 1. The van der Waals surface area contributed by atoms with Gasteiger partial charge in [-0.1, -0.05) is 0 Å². The van der Waals surface area contributed by atoms with Crippen LogP contribution in [0.5, 0.6) is 0 Å². The van der Waals surface area contributed by atoms with Gasteiger partial charge in [0, 0.05) is 6.92 Å². The highest BCUT2D eigenvalue weighted by Crippen LogP contribution is 1.96. The molecule has 6 nitrogen and oxygen atoms in total. The van der Waals surface area contributed by atoms with Gasteiger partial charge in [0.25, 0.3) is 0 Å². The van der Waals surface area contributed by atoms with E-state index in [0.717, 1.165) is 0 Å². The molecule has 0 saturated heterocycles. The molecule has 0 radical (unpaired) electrons. The number of hydrogen-bond donors (Lipinski definition) is 1. The fourth-order valence-electron chi connectivity index (χ4n) is 0.683. The Balaban J connectivity index is 3.68. The molecule has 0 amide bonds. The van der Waals surface area contributed by atoms with Crippen molar-refractivity contribution in [3.63, 3.8) is 0 Å². The Bertz CT molecular complexity index is 174. The third kappa shape index (κ3) is 6.24. The van der Waals surface area contributed by atoms with Crippen LogP contribution in [0.15, 0.2) is 0 Å². The number of esters is 1. The van der Waals surface area contributed by atoms with Gasteiger partial charge >= 0.3 is 12.1 Å². The van der Waals surface area contributed by atoms with Crippen LogP contribution in [0.1, 0.15) is 13.8 Å². The maximum Gasteiger partial charge on any atom is 0.511 e. The molecule has 0 bridgehead atoms. The molecule has 0 aliphatic heterocycles. The van der Waals surface area contributed by atoms with Gasteiger partial charge in [-0.25, -0.2) is 4.79 Å². The highest BCUT2D eigenvalue weighted by molar-refractivity contribution is 5.71. The summed E-state index contributed by atoms with van der Waals surface area (Å²) in [5, 5.41) is 2.61. The van der Waals surface area contributed by atoms with Gasteiger partial charge in [0.2, 0.25) is 6.29 Å². The smallest absolute Gasteiger partial charge is 0.435 e. The summed E-state index contributed by atoms with van der Waals surface area (Å²) < 4.78 is 13.7. The normalized spacial score (nSPS) is 11.6. The fourth-order valence-corrected chi connectivity index (χ4v) is 0.683. The van der Waals surface area contributed by atoms with Crippen molar-refractivity contribution in [2.45, 2.75) is 20.1 Å². The number of carbonyl (C=O) groups excluding carboxylic acids is 2. The summed E-state index contributed by atoms with van der Waals surface area (Å²) in [5.41, 5.74) is 0. The Morgan fingerprint density at radius 2 is 2.00 bits per heavy atom. The molecule has 0 fully saturated rings. The van der Waals surface area contributed by atoms with Crippen LogP contribution >= 0.6 is 0 Å². The van der Waals surface area contributed by atoms with Crippen LogP contribution in [0, 0.1) is 0 Å². The van der Waals surface area contributed by atoms with Crippen molar-refractivity contribution in [1.82, 2.24) is 5.32 Å². The summed E-state index contributed by atoms with van der Waals surface area (Å²) >= 11 is 0. The van der Waals surface area contributed by atoms with Crippen molar-refractivity contribution in [3.05, 3.63) is 0 Å². The molecule has 0 saturated carbocycles. The van der Waals surface area contributed by atoms with Gasteiger partial charge < -0.3 is 19.5 Å². The van der Waals surface area contributed by atoms with Gasteiger partial charge in [-0.05, 0) is 14.0 Å². The average molecular weight is 205 g/mol. The summed E-state index contributed by atoms with van der Waals surface area (Å²) in [6.45, 7) is 3.37. The topological polar surface area (TPSA) is 73.9 Å². The maximum atomic E-state index is 10.9. The Kier molecular flexibility index (Phi) is 6.47. The van der Waals surface area contributed by atoms with Crippen molar-refractivity contribution in [1.29, 1.82) is 0 Å². The van der Waals surface area contributed by atoms with Crippen LogP contribution in [0.2, 0.25) is 0 Å². The first-order valence-electron chi connectivity index (χ1n) is 4.27. The molecular weight excluding hydrogens is 190 g/mol. The largest absolute Gasteiger partial charge is 0.511 e. The number of carbonyl (C=O) groups is 2. The standard InChI is InChI=1S/C8H15NO5/c1-4-12-8(11)14-6(2)13-7(10)5-9-3/h6,9H,4-5H2,1-3H3. The molecule has 6 heteroatoms. The minimum absolute atomic E-state index is 0.0660. The van der Waals surface area contributed by atoms with E-state index < -0.39 is 18.4 Å². The molecule has 0 aromatic heterocycles. The van der Waals surface area contributed by atoms with Gasteiger partial charge in [0.15, 0.2) is 0 Å². The predicted octanol–water partition coefficient (Wildman–Crippen LogP) is 0.268. The summed E-state index contributed by atoms with van der Waals surface area (Å²) in [6.07, 6.45) is -1.79. The van der Waals surface area contributed by atoms with Gasteiger partial charge in [-0.2, -0.15) is 0 Å². The van der Waals surface area contributed by atoms with E-state index >= 15 is 0 Å². The molecule has 1 N–H and O–H groups in total. The first kappa shape index (κ1) is 12.7. The van der Waals surface area contributed by atoms with Crippen molar-refractivity contribution in [2.24, 2.45) is 0 Å². The lowest BCUT2D eigenvalue weighted by molar-refractivity contribution is -0.166. The number of rotatable bonds is 5. The number of ether oxygens (including phenoxy) is 3. The zero-order valence-electron chi connectivity index (χ0n) is 8.53. The maximum absolute atomic E-state index is 10.9. The zero-order chi connectivity index (χ0) is 11.0. The zero-order valence-corrected chi connectivity index (χ0v) is 8.53. The Morgan fingerprint density at radius 1 is 1.36 bits per heavy atom. The Labute approximate surface area is 82.5 Å². The molecule has 0 rings (SSSR count). The molecule has 0 aromatic carbocycles.